The number of hydrogen-bond donors (Lipinski definition) is 0. The van der Waals surface area contributed by atoms with Crippen LogP contribution >= 0.6 is 0 Å². The first-order valence-corrected chi connectivity index (χ1v) is 12.2. The average molecular weight is 453 g/mol. The summed E-state index contributed by atoms with van der Waals surface area (Å²) in [6, 6.07) is 21.3. The van der Waals surface area contributed by atoms with Gasteiger partial charge in [-0.05, 0) is 75.9 Å². The third kappa shape index (κ3) is 4.24. The Hall–Kier alpha value is -3.44. The number of hydrogen-bond acceptors (Lipinski definition) is 5. The number of nitrogens with zero attached hydrogens (tertiary/aromatic N) is 4. The van der Waals surface area contributed by atoms with Crippen LogP contribution in [-0.2, 0) is 0 Å². The Balaban J connectivity index is 1.75. The Morgan fingerprint density at radius 3 is 2.32 bits per heavy atom. The van der Waals surface area contributed by atoms with Crippen molar-refractivity contribution in [2.75, 3.05) is 45.2 Å². The first kappa shape index (κ1) is 22.4. The van der Waals surface area contributed by atoms with E-state index in [9.17, 15) is 0 Å². The molecule has 5 rings (SSSR count). The van der Waals surface area contributed by atoms with Crippen LogP contribution in [0.2, 0.25) is 0 Å². The summed E-state index contributed by atoms with van der Waals surface area (Å²) in [5.74, 6) is 0.776. The van der Waals surface area contributed by atoms with Crippen LogP contribution in [0.5, 0.6) is 0 Å². The maximum absolute atomic E-state index is 6.47. The van der Waals surface area contributed by atoms with Gasteiger partial charge < -0.3 is 14.2 Å². The summed E-state index contributed by atoms with van der Waals surface area (Å²) in [6.07, 6.45) is 1.01. The predicted molar refractivity (Wildman–Crippen MR) is 143 cm³/mol. The van der Waals surface area contributed by atoms with Gasteiger partial charge in [-0.1, -0.05) is 24.3 Å². The molecule has 1 aliphatic heterocycles. The van der Waals surface area contributed by atoms with E-state index in [1.165, 1.54) is 10.8 Å². The van der Waals surface area contributed by atoms with Gasteiger partial charge in [0.15, 0.2) is 11.3 Å². The SMILES string of the molecule is CCN(CC)c1ccc2nc3c4cc5ccccc5cc4c(=NCCCN(C)C)cc-3oc2c1. The second kappa shape index (κ2) is 9.43. The van der Waals surface area contributed by atoms with E-state index in [0.717, 1.165) is 77.0 Å². The Bertz CT molecular complexity index is 1500. The molecule has 0 bridgehead atoms. The van der Waals surface area contributed by atoms with E-state index in [1.54, 1.807) is 0 Å². The lowest BCUT2D eigenvalue weighted by Crippen LogP contribution is -2.21. The largest absolute Gasteiger partial charge is 0.453 e. The molecule has 1 aliphatic carbocycles. The fourth-order valence-corrected chi connectivity index (χ4v) is 4.66. The highest BCUT2D eigenvalue weighted by Crippen LogP contribution is 2.33. The molecule has 0 saturated carbocycles. The summed E-state index contributed by atoms with van der Waals surface area (Å²) >= 11 is 0. The minimum Gasteiger partial charge on any atom is -0.453 e. The molecule has 3 aromatic carbocycles. The van der Waals surface area contributed by atoms with Gasteiger partial charge in [-0.3, -0.25) is 4.99 Å². The molecule has 3 aromatic rings. The van der Waals surface area contributed by atoms with E-state index in [-0.39, 0.29) is 0 Å². The quantitative estimate of drug-likeness (QED) is 0.174. The first-order valence-electron chi connectivity index (χ1n) is 12.2. The van der Waals surface area contributed by atoms with Gasteiger partial charge in [-0.15, -0.1) is 0 Å². The van der Waals surface area contributed by atoms with Crippen molar-refractivity contribution in [2.24, 2.45) is 4.99 Å². The maximum atomic E-state index is 6.47. The van der Waals surface area contributed by atoms with E-state index < -0.39 is 0 Å². The average Bonchev–Trinajstić information content (AvgIpc) is 2.85. The van der Waals surface area contributed by atoms with Crippen LogP contribution in [0, 0.1) is 0 Å². The number of anilines is 1. The molecular formula is C29H32N4O. The molecule has 0 amide bonds. The molecule has 0 saturated heterocycles. The van der Waals surface area contributed by atoms with Crippen molar-refractivity contribution in [3.8, 4) is 11.5 Å². The van der Waals surface area contributed by atoms with Crippen LogP contribution in [0.15, 0.2) is 70.1 Å². The van der Waals surface area contributed by atoms with E-state index >= 15 is 0 Å². The lowest BCUT2D eigenvalue weighted by Gasteiger charge is -2.21. The van der Waals surface area contributed by atoms with Gasteiger partial charge in [0.2, 0.25) is 0 Å². The molecule has 5 heteroatoms. The highest BCUT2D eigenvalue weighted by Gasteiger charge is 2.16. The predicted octanol–water partition coefficient (Wildman–Crippen LogP) is 5.94. The molecule has 34 heavy (non-hydrogen) atoms. The molecule has 1 heterocycles. The van der Waals surface area contributed by atoms with Gasteiger partial charge in [-0.25, -0.2) is 4.98 Å². The third-order valence-corrected chi connectivity index (χ3v) is 6.49. The van der Waals surface area contributed by atoms with Gasteiger partial charge in [-0.2, -0.15) is 0 Å². The van der Waals surface area contributed by atoms with Crippen LogP contribution in [0.25, 0.3) is 44.1 Å². The zero-order valence-corrected chi connectivity index (χ0v) is 20.5. The van der Waals surface area contributed by atoms with Crippen molar-refractivity contribution in [2.45, 2.75) is 20.3 Å². The standard InChI is InChI=1S/C29H32N4O/c1-5-33(6-2)22-12-13-25-27(18-22)34-28-19-26(30-14-9-15-32(3)4)23-16-20-10-7-8-11-21(20)17-24(23)29(28)31-25/h7-8,10-13,16-19H,5-6,9,14-15H2,1-4H3. The highest BCUT2D eigenvalue weighted by atomic mass is 16.3. The van der Waals surface area contributed by atoms with Crippen LogP contribution in [-0.4, -0.2) is 50.2 Å². The lowest BCUT2D eigenvalue weighted by atomic mass is 9.99. The number of aromatic nitrogens is 1. The van der Waals surface area contributed by atoms with Gasteiger partial charge in [0.05, 0.1) is 5.36 Å². The molecule has 0 N–H and O–H groups in total. The normalized spacial score (nSPS) is 12.6. The van der Waals surface area contributed by atoms with Crippen LogP contribution in [0.4, 0.5) is 5.69 Å². The third-order valence-electron chi connectivity index (χ3n) is 6.49. The molecule has 0 radical (unpaired) electrons. The Morgan fingerprint density at radius 1 is 0.882 bits per heavy atom. The minimum absolute atomic E-state index is 0.776. The van der Waals surface area contributed by atoms with Crippen molar-refractivity contribution in [3.63, 3.8) is 0 Å². The Morgan fingerprint density at radius 2 is 1.62 bits per heavy atom. The fourth-order valence-electron chi connectivity index (χ4n) is 4.66. The van der Waals surface area contributed by atoms with E-state index in [2.05, 4.69) is 98.4 Å². The Labute approximate surface area is 200 Å². The van der Waals surface area contributed by atoms with Crippen molar-refractivity contribution < 1.29 is 4.42 Å². The number of fused-ring (bicyclic) bond motifs is 5. The zero-order valence-electron chi connectivity index (χ0n) is 20.5. The van der Waals surface area contributed by atoms with E-state index in [0.29, 0.717) is 0 Å². The van der Waals surface area contributed by atoms with Gasteiger partial charge in [0.1, 0.15) is 11.2 Å². The summed E-state index contributed by atoms with van der Waals surface area (Å²) in [5.41, 5.74) is 3.71. The summed E-state index contributed by atoms with van der Waals surface area (Å²) < 4.78 is 6.47. The molecule has 2 aliphatic rings. The van der Waals surface area contributed by atoms with Crippen LogP contribution < -0.4 is 10.3 Å². The molecule has 0 unspecified atom stereocenters. The molecule has 0 aromatic heterocycles. The number of rotatable bonds is 7. The minimum atomic E-state index is 0.776. The summed E-state index contributed by atoms with van der Waals surface area (Å²) in [4.78, 5) is 14.6. The monoisotopic (exact) mass is 452 g/mol. The summed E-state index contributed by atoms with van der Waals surface area (Å²) in [7, 11) is 4.19. The molecule has 0 spiro atoms. The second-order valence-electron chi connectivity index (χ2n) is 9.06. The van der Waals surface area contributed by atoms with Gasteiger partial charge in [0.25, 0.3) is 0 Å². The fraction of sp³-hybridized carbons (Fsp3) is 0.310. The van der Waals surface area contributed by atoms with Crippen molar-refractivity contribution in [3.05, 3.63) is 66.0 Å². The van der Waals surface area contributed by atoms with Crippen molar-refractivity contribution in [1.82, 2.24) is 9.88 Å². The van der Waals surface area contributed by atoms with E-state index in [4.69, 9.17) is 14.4 Å². The molecule has 174 valence electrons. The summed E-state index contributed by atoms with van der Waals surface area (Å²) in [5, 5.41) is 5.58. The van der Waals surface area contributed by atoms with E-state index in [1.807, 2.05) is 0 Å². The van der Waals surface area contributed by atoms with Crippen LogP contribution in [0.3, 0.4) is 0 Å². The topological polar surface area (TPSA) is 44.9 Å². The molecule has 5 nitrogen and oxygen atoms in total. The smallest absolute Gasteiger partial charge is 0.155 e. The maximum Gasteiger partial charge on any atom is 0.155 e. The first-order chi connectivity index (χ1) is 16.6. The molecule has 0 fully saturated rings. The lowest BCUT2D eigenvalue weighted by molar-refractivity contribution is 0.403. The molecule has 0 atom stereocenters. The van der Waals surface area contributed by atoms with Crippen LogP contribution in [0.1, 0.15) is 20.3 Å². The van der Waals surface area contributed by atoms with Crippen molar-refractivity contribution in [1.29, 1.82) is 0 Å². The highest BCUT2D eigenvalue weighted by molar-refractivity contribution is 6.04. The summed E-state index contributed by atoms with van der Waals surface area (Å²) in [6.45, 7) is 8.04. The van der Waals surface area contributed by atoms with Crippen molar-refractivity contribution >= 4 is 38.3 Å². The zero-order chi connectivity index (χ0) is 23.7. The molecular weight excluding hydrogens is 420 g/mol. The second-order valence-corrected chi connectivity index (χ2v) is 9.06. The van der Waals surface area contributed by atoms with Gasteiger partial charge in [0, 0.05) is 48.2 Å². The van der Waals surface area contributed by atoms with Gasteiger partial charge >= 0.3 is 0 Å². The Kier molecular flexibility index (Phi) is 6.20. The number of benzene rings is 4.